The first-order chi connectivity index (χ1) is 11.2. The van der Waals surface area contributed by atoms with Gasteiger partial charge < -0.3 is 10.2 Å². The van der Waals surface area contributed by atoms with Gasteiger partial charge in [-0.25, -0.2) is 4.39 Å². The topological polar surface area (TPSA) is 58.4 Å². The molecule has 0 bridgehead atoms. The quantitative estimate of drug-likeness (QED) is 0.492. The Morgan fingerprint density at radius 1 is 1.25 bits per heavy atom. The minimum atomic E-state index is -4.24. The number of nitro benzene ring substituents is 1. The number of hydrogen-bond acceptors (Lipinski definition) is 4. The Bertz CT molecular complexity index is 571. The lowest BCUT2D eigenvalue weighted by Crippen LogP contribution is -2.39. The maximum atomic E-state index is 14.0. The molecular weight excluding hydrogens is 330 g/mol. The van der Waals surface area contributed by atoms with Crippen LogP contribution in [0.5, 0.6) is 0 Å². The molecular formula is C15H21F4N3O2. The Balaban J connectivity index is 0.00000139. The number of halogens is 4. The van der Waals surface area contributed by atoms with Gasteiger partial charge in [0.15, 0.2) is 5.82 Å². The van der Waals surface area contributed by atoms with Crippen molar-refractivity contribution in [2.45, 2.75) is 32.9 Å². The maximum Gasteiger partial charge on any atom is 0.391 e. The van der Waals surface area contributed by atoms with E-state index in [1.165, 1.54) is 18.0 Å². The number of benzene rings is 1. The summed E-state index contributed by atoms with van der Waals surface area (Å²) in [5.74, 6) is -2.19. The Morgan fingerprint density at radius 2 is 1.79 bits per heavy atom. The van der Waals surface area contributed by atoms with Crippen LogP contribution in [0.15, 0.2) is 12.1 Å². The Labute approximate surface area is 137 Å². The van der Waals surface area contributed by atoms with Crippen molar-refractivity contribution in [1.29, 1.82) is 0 Å². The SMILES string of the molecule is CC.CNc1cc(N2CCC(C(F)(F)F)CC2)c(F)cc1[N+](=O)[O-]. The minimum Gasteiger partial charge on any atom is -0.383 e. The fourth-order valence-electron chi connectivity index (χ4n) is 2.59. The fraction of sp³-hybridized carbons (Fsp3) is 0.600. The summed E-state index contributed by atoms with van der Waals surface area (Å²) in [6.45, 7) is 4.12. The molecule has 0 aliphatic carbocycles. The maximum absolute atomic E-state index is 14.0. The number of nitro groups is 1. The van der Waals surface area contributed by atoms with Crippen molar-refractivity contribution in [2.75, 3.05) is 30.4 Å². The molecule has 136 valence electrons. The molecule has 1 heterocycles. The standard InChI is InChI=1S/C13H15F4N3O2.C2H6/c1-18-10-7-11(9(14)6-12(10)20(21)22)19-4-2-8(3-5-19)13(15,16)17;1-2/h6-8,18H,2-5H2,1H3;1-2H3. The van der Waals surface area contributed by atoms with Crippen LogP contribution in [-0.2, 0) is 0 Å². The average Bonchev–Trinajstić information content (AvgIpc) is 2.55. The number of nitrogens with one attached hydrogen (secondary N) is 1. The Morgan fingerprint density at radius 3 is 2.21 bits per heavy atom. The second-order valence-electron chi connectivity index (χ2n) is 5.13. The second kappa shape index (κ2) is 8.16. The van der Waals surface area contributed by atoms with Gasteiger partial charge in [-0.1, -0.05) is 13.8 Å². The number of alkyl halides is 3. The van der Waals surface area contributed by atoms with Gasteiger partial charge in [0.1, 0.15) is 5.69 Å². The van der Waals surface area contributed by atoms with Gasteiger partial charge in [-0.2, -0.15) is 13.2 Å². The molecule has 2 rings (SSSR count). The smallest absolute Gasteiger partial charge is 0.383 e. The zero-order valence-corrected chi connectivity index (χ0v) is 13.8. The van der Waals surface area contributed by atoms with Gasteiger partial charge in [-0.05, 0) is 18.9 Å². The van der Waals surface area contributed by atoms with Crippen LogP contribution in [0.25, 0.3) is 0 Å². The molecule has 1 aromatic carbocycles. The van der Waals surface area contributed by atoms with E-state index in [9.17, 15) is 27.7 Å². The summed E-state index contributed by atoms with van der Waals surface area (Å²) in [6, 6.07) is 2.05. The van der Waals surface area contributed by atoms with Crippen molar-refractivity contribution >= 4 is 17.1 Å². The first-order valence-corrected chi connectivity index (χ1v) is 7.71. The molecule has 0 amide bonds. The molecule has 0 radical (unpaired) electrons. The van der Waals surface area contributed by atoms with Gasteiger partial charge in [0.05, 0.1) is 22.6 Å². The molecule has 1 aliphatic heterocycles. The number of rotatable bonds is 3. The molecule has 0 spiro atoms. The zero-order chi connectivity index (χ0) is 18.5. The van der Waals surface area contributed by atoms with Gasteiger partial charge in [0.25, 0.3) is 5.69 Å². The first-order valence-electron chi connectivity index (χ1n) is 7.71. The van der Waals surface area contributed by atoms with Crippen LogP contribution >= 0.6 is 0 Å². The van der Waals surface area contributed by atoms with Gasteiger partial charge in [0.2, 0.25) is 0 Å². The molecule has 1 aromatic rings. The highest BCUT2D eigenvalue weighted by atomic mass is 19.4. The summed E-state index contributed by atoms with van der Waals surface area (Å²) in [5, 5.41) is 13.4. The van der Waals surface area contributed by atoms with Gasteiger partial charge in [-0.15, -0.1) is 0 Å². The van der Waals surface area contributed by atoms with Crippen molar-refractivity contribution in [3.63, 3.8) is 0 Å². The van der Waals surface area contributed by atoms with Crippen molar-refractivity contribution < 1.29 is 22.5 Å². The summed E-state index contributed by atoms with van der Waals surface area (Å²) in [6.07, 6.45) is -4.47. The first kappa shape index (κ1) is 20.0. The molecule has 0 unspecified atom stereocenters. The highest BCUT2D eigenvalue weighted by molar-refractivity contribution is 5.69. The third-order valence-corrected chi connectivity index (χ3v) is 3.83. The van der Waals surface area contributed by atoms with E-state index in [4.69, 9.17) is 0 Å². The third kappa shape index (κ3) is 4.48. The third-order valence-electron chi connectivity index (χ3n) is 3.83. The molecule has 0 atom stereocenters. The van der Waals surface area contributed by atoms with E-state index >= 15 is 0 Å². The average molecular weight is 351 g/mol. The van der Waals surface area contributed by atoms with E-state index < -0.39 is 28.5 Å². The van der Waals surface area contributed by atoms with Crippen LogP contribution < -0.4 is 10.2 Å². The van der Waals surface area contributed by atoms with Crippen LogP contribution in [0.1, 0.15) is 26.7 Å². The van der Waals surface area contributed by atoms with E-state index in [0.29, 0.717) is 0 Å². The minimum absolute atomic E-state index is 0.0576. The lowest BCUT2D eigenvalue weighted by atomic mass is 9.96. The second-order valence-corrected chi connectivity index (χ2v) is 5.13. The highest BCUT2D eigenvalue weighted by Crippen LogP contribution is 2.38. The van der Waals surface area contributed by atoms with E-state index in [2.05, 4.69) is 5.32 Å². The molecule has 5 nitrogen and oxygen atoms in total. The van der Waals surface area contributed by atoms with E-state index in [1.807, 2.05) is 13.8 Å². The van der Waals surface area contributed by atoms with Gasteiger partial charge in [-0.3, -0.25) is 10.1 Å². The number of hydrogen-bond donors (Lipinski definition) is 1. The highest BCUT2D eigenvalue weighted by Gasteiger charge is 2.41. The van der Waals surface area contributed by atoms with Gasteiger partial charge in [0, 0.05) is 20.1 Å². The molecule has 0 aromatic heterocycles. The normalized spacial score (nSPS) is 15.5. The van der Waals surface area contributed by atoms with Crippen LogP contribution in [0.2, 0.25) is 0 Å². The van der Waals surface area contributed by atoms with E-state index in [-0.39, 0.29) is 37.3 Å². The summed E-state index contributed by atoms with van der Waals surface area (Å²) in [7, 11) is 1.46. The van der Waals surface area contributed by atoms with Crippen molar-refractivity contribution in [3.05, 3.63) is 28.1 Å². The zero-order valence-electron chi connectivity index (χ0n) is 13.8. The van der Waals surface area contributed by atoms with E-state index in [0.717, 1.165) is 6.07 Å². The Hall–Kier alpha value is -2.06. The monoisotopic (exact) mass is 351 g/mol. The lowest BCUT2D eigenvalue weighted by Gasteiger charge is -2.34. The molecule has 1 aliphatic rings. The molecule has 1 N–H and O–H groups in total. The van der Waals surface area contributed by atoms with Crippen molar-refractivity contribution in [1.82, 2.24) is 0 Å². The number of nitrogens with zero attached hydrogens (tertiary/aromatic N) is 2. The number of piperidine rings is 1. The summed E-state index contributed by atoms with van der Waals surface area (Å²) < 4.78 is 51.9. The lowest BCUT2D eigenvalue weighted by molar-refractivity contribution is -0.384. The van der Waals surface area contributed by atoms with Crippen molar-refractivity contribution in [2.24, 2.45) is 5.92 Å². The van der Waals surface area contributed by atoms with Crippen LogP contribution in [0.4, 0.5) is 34.6 Å². The van der Waals surface area contributed by atoms with Crippen LogP contribution in [0, 0.1) is 21.8 Å². The molecule has 24 heavy (non-hydrogen) atoms. The van der Waals surface area contributed by atoms with Crippen molar-refractivity contribution in [3.8, 4) is 0 Å². The molecule has 1 fully saturated rings. The summed E-state index contributed by atoms with van der Waals surface area (Å²) in [5.41, 5.74) is -0.205. The summed E-state index contributed by atoms with van der Waals surface area (Å²) >= 11 is 0. The molecule has 0 saturated carbocycles. The van der Waals surface area contributed by atoms with Gasteiger partial charge >= 0.3 is 6.18 Å². The fourth-order valence-corrected chi connectivity index (χ4v) is 2.59. The van der Waals surface area contributed by atoms with Crippen LogP contribution in [-0.4, -0.2) is 31.2 Å². The predicted octanol–water partition coefficient (Wildman–Crippen LogP) is 4.58. The molecule has 9 heteroatoms. The molecule has 1 saturated heterocycles. The van der Waals surface area contributed by atoms with Crippen LogP contribution in [0.3, 0.4) is 0 Å². The largest absolute Gasteiger partial charge is 0.391 e. The van der Waals surface area contributed by atoms with E-state index in [1.54, 1.807) is 0 Å². The predicted molar refractivity (Wildman–Crippen MR) is 84.9 cm³/mol. The Kier molecular flexibility index (Phi) is 6.80. The summed E-state index contributed by atoms with van der Waals surface area (Å²) in [4.78, 5) is 11.6. The number of anilines is 2.